The third-order valence-corrected chi connectivity index (χ3v) is 1.76. The van der Waals surface area contributed by atoms with E-state index < -0.39 is 23.1 Å². The number of hydrogen-bond donors (Lipinski definition) is 2. The zero-order chi connectivity index (χ0) is 11.6. The van der Waals surface area contributed by atoms with Crippen molar-refractivity contribution >= 4 is 11.6 Å². The minimum absolute atomic E-state index is 0.290. The van der Waals surface area contributed by atoms with Crippen molar-refractivity contribution < 1.29 is 18.7 Å². The second kappa shape index (κ2) is 3.94. The second-order valence-corrected chi connectivity index (χ2v) is 3.61. The number of hydrogen-bond acceptors (Lipinski definition) is 2. The summed E-state index contributed by atoms with van der Waals surface area (Å²) in [4.78, 5) is 11.2. The molecule has 1 aromatic rings. The third-order valence-electron chi connectivity index (χ3n) is 1.76. The molecule has 0 unspecified atom stereocenters. The fourth-order valence-corrected chi connectivity index (χ4v) is 0.876. The summed E-state index contributed by atoms with van der Waals surface area (Å²) in [6.07, 6.45) is 0. The van der Waals surface area contributed by atoms with Crippen LogP contribution in [0.1, 0.15) is 13.8 Å². The van der Waals surface area contributed by atoms with Gasteiger partial charge in [0.15, 0.2) is 11.6 Å². The largest absolute Gasteiger partial charge is 0.381 e. The molecule has 1 rings (SSSR count). The summed E-state index contributed by atoms with van der Waals surface area (Å²) >= 11 is 0. The fraction of sp³-hybridized carbons (Fsp3) is 0.300. The van der Waals surface area contributed by atoms with Gasteiger partial charge in [0, 0.05) is 0 Å². The Morgan fingerprint density at radius 1 is 1.40 bits per heavy atom. The monoisotopic (exact) mass is 215 g/mol. The van der Waals surface area contributed by atoms with Gasteiger partial charge in [-0.25, -0.2) is 8.78 Å². The van der Waals surface area contributed by atoms with E-state index in [2.05, 4.69) is 5.32 Å². The first-order valence-corrected chi connectivity index (χ1v) is 4.30. The number of anilines is 1. The summed E-state index contributed by atoms with van der Waals surface area (Å²) < 4.78 is 25.8. The third kappa shape index (κ3) is 2.73. The average molecular weight is 215 g/mol. The van der Waals surface area contributed by atoms with Gasteiger partial charge in [-0.3, -0.25) is 4.79 Å². The quantitative estimate of drug-likeness (QED) is 0.788. The molecule has 0 fully saturated rings. The van der Waals surface area contributed by atoms with E-state index in [1.807, 2.05) is 0 Å². The number of carbonyl (C=O) groups excluding carboxylic acids is 1. The standard InChI is InChI=1S/C10H11F2NO2/c1-10(2,15)9(14)13-7-5-3-4-6(11)8(7)12/h3-5,15H,1-2H3,(H,13,14). The van der Waals surface area contributed by atoms with Gasteiger partial charge in [-0.2, -0.15) is 0 Å². The Morgan fingerprint density at radius 3 is 2.53 bits per heavy atom. The van der Waals surface area contributed by atoms with Gasteiger partial charge < -0.3 is 10.4 Å². The maximum absolute atomic E-state index is 13.1. The van der Waals surface area contributed by atoms with Gasteiger partial charge in [0.2, 0.25) is 0 Å². The number of nitrogens with one attached hydrogen (secondary N) is 1. The van der Waals surface area contributed by atoms with E-state index in [4.69, 9.17) is 0 Å². The van der Waals surface area contributed by atoms with Crippen LogP contribution in [-0.4, -0.2) is 16.6 Å². The summed E-state index contributed by atoms with van der Waals surface area (Å²) in [6.45, 7) is 2.50. The van der Waals surface area contributed by atoms with Crippen molar-refractivity contribution in [1.82, 2.24) is 0 Å². The first-order chi connectivity index (χ1) is 6.82. The van der Waals surface area contributed by atoms with Crippen LogP contribution in [0, 0.1) is 11.6 Å². The number of benzene rings is 1. The highest BCUT2D eigenvalue weighted by atomic mass is 19.2. The summed E-state index contributed by atoms with van der Waals surface area (Å²) in [5, 5.41) is 11.4. The van der Waals surface area contributed by atoms with Crippen molar-refractivity contribution in [3.05, 3.63) is 29.8 Å². The number of halogens is 2. The number of rotatable bonds is 2. The molecule has 82 valence electrons. The molecule has 3 nitrogen and oxygen atoms in total. The smallest absolute Gasteiger partial charge is 0.255 e. The number of amides is 1. The van der Waals surface area contributed by atoms with Crippen LogP contribution in [0.2, 0.25) is 0 Å². The van der Waals surface area contributed by atoms with Crippen molar-refractivity contribution in [3.8, 4) is 0 Å². The Bertz CT molecular complexity index is 385. The van der Waals surface area contributed by atoms with Crippen LogP contribution < -0.4 is 5.32 Å². The Kier molecular flexibility index (Phi) is 3.04. The zero-order valence-electron chi connectivity index (χ0n) is 8.34. The van der Waals surface area contributed by atoms with Gasteiger partial charge in [0.1, 0.15) is 5.60 Å². The molecule has 0 aliphatic carbocycles. The Hall–Kier alpha value is -1.49. The Balaban J connectivity index is 2.91. The van der Waals surface area contributed by atoms with Gasteiger partial charge in [0.25, 0.3) is 5.91 Å². The van der Waals surface area contributed by atoms with Crippen molar-refractivity contribution in [2.45, 2.75) is 19.4 Å². The Morgan fingerprint density at radius 2 is 2.00 bits per heavy atom. The molecule has 0 saturated carbocycles. The highest BCUT2D eigenvalue weighted by molar-refractivity contribution is 5.96. The maximum Gasteiger partial charge on any atom is 0.255 e. The highest BCUT2D eigenvalue weighted by Crippen LogP contribution is 2.17. The minimum atomic E-state index is -1.64. The van der Waals surface area contributed by atoms with Crippen molar-refractivity contribution in [1.29, 1.82) is 0 Å². The van der Waals surface area contributed by atoms with Crippen LogP contribution in [-0.2, 0) is 4.79 Å². The normalized spacial score (nSPS) is 11.3. The highest BCUT2D eigenvalue weighted by Gasteiger charge is 2.24. The molecule has 0 aromatic heterocycles. The summed E-state index contributed by atoms with van der Waals surface area (Å²) in [7, 11) is 0. The topological polar surface area (TPSA) is 49.3 Å². The van der Waals surface area contributed by atoms with Crippen molar-refractivity contribution in [2.75, 3.05) is 5.32 Å². The van der Waals surface area contributed by atoms with Crippen LogP contribution in [0.5, 0.6) is 0 Å². The lowest BCUT2D eigenvalue weighted by molar-refractivity contribution is -0.130. The molecule has 15 heavy (non-hydrogen) atoms. The Labute approximate surface area is 85.7 Å². The van der Waals surface area contributed by atoms with Gasteiger partial charge in [-0.05, 0) is 26.0 Å². The van der Waals surface area contributed by atoms with Gasteiger partial charge in [-0.1, -0.05) is 6.07 Å². The molecule has 0 heterocycles. The van der Waals surface area contributed by atoms with E-state index in [9.17, 15) is 18.7 Å². The lowest BCUT2D eigenvalue weighted by atomic mass is 10.1. The zero-order valence-corrected chi connectivity index (χ0v) is 8.34. The molecule has 5 heteroatoms. The molecule has 1 amide bonds. The summed E-state index contributed by atoms with van der Waals surface area (Å²) in [6, 6.07) is 3.41. The summed E-state index contributed by atoms with van der Waals surface area (Å²) in [5.74, 6) is -2.99. The SMILES string of the molecule is CC(C)(O)C(=O)Nc1cccc(F)c1F. The van der Waals surface area contributed by atoms with E-state index in [1.54, 1.807) is 0 Å². The predicted molar refractivity (Wildman–Crippen MR) is 51.3 cm³/mol. The van der Waals surface area contributed by atoms with Crippen LogP contribution in [0.15, 0.2) is 18.2 Å². The molecular weight excluding hydrogens is 204 g/mol. The van der Waals surface area contributed by atoms with Crippen molar-refractivity contribution in [3.63, 3.8) is 0 Å². The molecular formula is C10H11F2NO2. The molecule has 1 aromatic carbocycles. The molecule has 0 atom stereocenters. The number of aliphatic hydroxyl groups is 1. The van der Waals surface area contributed by atoms with Crippen LogP contribution in [0.25, 0.3) is 0 Å². The lowest BCUT2D eigenvalue weighted by Gasteiger charge is -2.16. The van der Waals surface area contributed by atoms with Crippen LogP contribution in [0.3, 0.4) is 0 Å². The second-order valence-electron chi connectivity index (χ2n) is 3.61. The van der Waals surface area contributed by atoms with E-state index >= 15 is 0 Å². The summed E-state index contributed by atoms with van der Waals surface area (Å²) in [5.41, 5.74) is -1.93. The maximum atomic E-state index is 13.1. The molecule has 0 spiro atoms. The first-order valence-electron chi connectivity index (χ1n) is 4.30. The van der Waals surface area contributed by atoms with E-state index in [-0.39, 0.29) is 5.69 Å². The molecule has 0 bridgehead atoms. The average Bonchev–Trinajstić information content (AvgIpc) is 2.11. The van der Waals surface area contributed by atoms with E-state index in [0.29, 0.717) is 0 Å². The van der Waals surface area contributed by atoms with Gasteiger partial charge in [0.05, 0.1) is 5.69 Å². The molecule has 0 aliphatic heterocycles. The predicted octanol–water partition coefficient (Wildman–Crippen LogP) is 1.67. The molecule has 0 aliphatic rings. The molecule has 2 N–H and O–H groups in total. The lowest BCUT2D eigenvalue weighted by Crippen LogP contribution is -2.36. The van der Waals surface area contributed by atoms with Crippen LogP contribution in [0.4, 0.5) is 14.5 Å². The van der Waals surface area contributed by atoms with Gasteiger partial charge in [-0.15, -0.1) is 0 Å². The molecule has 0 saturated heterocycles. The minimum Gasteiger partial charge on any atom is -0.381 e. The van der Waals surface area contributed by atoms with Crippen LogP contribution >= 0.6 is 0 Å². The van der Waals surface area contributed by atoms with Crippen molar-refractivity contribution in [2.24, 2.45) is 0 Å². The van der Waals surface area contributed by atoms with E-state index in [0.717, 1.165) is 6.07 Å². The molecule has 0 radical (unpaired) electrons. The fourth-order valence-electron chi connectivity index (χ4n) is 0.876. The first kappa shape index (κ1) is 11.6. The van der Waals surface area contributed by atoms with Gasteiger partial charge >= 0.3 is 0 Å². The number of carbonyl (C=O) groups is 1. The van der Waals surface area contributed by atoms with E-state index in [1.165, 1.54) is 26.0 Å².